The Bertz CT molecular complexity index is 747. The van der Waals surface area contributed by atoms with E-state index in [9.17, 15) is 4.79 Å². The van der Waals surface area contributed by atoms with Gasteiger partial charge in [-0.25, -0.2) is 0 Å². The standard InChI is InChI=1S/C18H22OS3/c1-2-3-4-5-6-7-8-9-13(19)15-12-16-18(22-15)17-14(21-16)10-11-20-17/h10-12H,2-9H2,1H3. The summed E-state index contributed by atoms with van der Waals surface area (Å²) >= 11 is 5.30. The Morgan fingerprint density at radius 3 is 2.55 bits per heavy atom. The number of hydrogen-bond acceptors (Lipinski definition) is 4. The van der Waals surface area contributed by atoms with E-state index < -0.39 is 0 Å². The molecule has 3 heterocycles. The molecule has 0 aliphatic carbocycles. The number of unbranched alkanes of at least 4 members (excludes halogenated alkanes) is 6. The molecule has 0 saturated heterocycles. The predicted molar refractivity (Wildman–Crippen MR) is 102 cm³/mol. The molecule has 1 nitrogen and oxygen atoms in total. The maximum absolute atomic E-state index is 12.3. The molecule has 0 unspecified atom stereocenters. The SMILES string of the molecule is CCCCCCCCCC(=O)c1cc2sc3ccsc3c2s1. The molecule has 0 aliphatic rings. The first kappa shape index (κ1) is 16.2. The lowest BCUT2D eigenvalue weighted by Gasteiger charge is -2.00. The number of ketones is 1. The highest BCUT2D eigenvalue weighted by molar-refractivity contribution is 7.38. The average molecular weight is 351 g/mol. The Morgan fingerprint density at radius 2 is 1.73 bits per heavy atom. The van der Waals surface area contributed by atoms with Crippen LogP contribution in [0.2, 0.25) is 0 Å². The van der Waals surface area contributed by atoms with E-state index >= 15 is 0 Å². The smallest absolute Gasteiger partial charge is 0.172 e. The molecule has 22 heavy (non-hydrogen) atoms. The van der Waals surface area contributed by atoms with E-state index in [1.807, 2.05) is 11.3 Å². The van der Waals surface area contributed by atoms with Crippen molar-refractivity contribution in [3.8, 4) is 0 Å². The van der Waals surface area contributed by atoms with Gasteiger partial charge in [-0.05, 0) is 23.9 Å². The van der Waals surface area contributed by atoms with Crippen LogP contribution in [-0.4, -0.2) is 5.78 Å². The summed E-state index contributed by atoms with van der Waals surface area (Å²) in [4.78, 5) is 13.3. The van der Waals surface area contributed by atoms with Crippen molar-refractivity contribution >= 4 is 58.6 Å². The minimum absolute atomic E-state index is 0.340. The first-order valence-corrected chi connectivity index (χ1v) is 10.7. The van der Waals surface area contributed by atoms with Gasteiger partial charge in [0.2, 0.25) is 0 Å². The number of carbonyl (C=O) groups excluding carboxylic acids is 1. The van der Waals surface area contributed by atoms with Crippen LogP contribution >= 0.6 is 34.0 Å². The van der Waals surface area contributed by atoms with Crippen LogP contribution in [0.5, 0.6) is 0 Å². The minimum Gasteiger partial charge on any atom is -0.293 e. The second kappa shape index (κ2) is 7.71. The van der Waals surface area contributed by atoms with Crippen molar-refractivity contribution in [2.75, 3.05) is 0 Å². The highest BCUT2D eigenvalue weighted by Gasteiger charge is 2.14. The summed E-state index contributed by atoms with van der Waals surface area (Å²) in [5, 5.41) is 2.14. The molecule has 0 radical (unpaired) electrons. The summed E-state index contributed by atoms with van der Waals surface area (Å²) in [5.74, 6) is 0.340. The lowest BCUT2D eigenvalue weighted by molar-refractivity contribution is 0.0983. The number of Topliss-reactive ketones (excluding diaryl/α,β-unsaturated/α-hetero) is 1. The van der Waals surface area contributed by atoms with Crippen molar-refractivity contribution in [1.82, 2.24) is 0 Å². The third-order valence-corrected chi connectivity index (χ3v) is 7.65. The first-order valence-electron chi connectivity index (χ1n) is 8.22. The zero-order valence-corrected chi connectivity index (χ0v) is 15.5. The summed E-state index contributed by atoms with van der Waals surface area (Å²) < 4.78 is 5.32. The first-order chi connectivity index (χ1) is 10.8. The van der Waals surface area contributed by atoms with Gasteiger partial charge < -0.3 is 0 Å². The molecule has 4 heteroatoms. The number of thiophene rings is 3. The molecule has 0 bridgehead atoms. The zero-order chi connectivity index (χ0) is 15.4. The molecule has 118 valence electrons. The molecule has 0 atom stereocenters. The fourth-order valence-corrected chi connectivity index (χ4v) is 6.51. The fourth-order valence-electron chi connectivity index (χ4n) is 2.77. The monoisotopic (exact) mass is 350 g/mol. The van der Waals surface area contributed by atoms with Gasteiger partial charge in [-0.2, -0.15) is 0 Å². The van der Waals surface area contributed by atoms with E-state index in [-0.39, 0.29) is 0 Å². The number of hydrogen-bond donors (Lipinski definition) is 0. The van der Waals surface area contributed by atoms with Gasteiger partial charge in [-0.15, -0.1) is 34.0 Å². The molecule has 0 amide bonds. The summed E-state index contributed by atoms with van der Waals surface area (Å²) in [6.45, 7) is 2.24. The molecule has 0 spiro atoms. The fraction of sp³-hybridized carbons (Fsp3) is 0.500. The van der Waals surface area contributed by atoms with E-state index in [1.54, 1.807) is 22.7 Å². The molecular weight excluding hydrogens is 328 g/mol. The van der Waals surface area contributed by atoms with Crippen molar-refractivity contribution in [3.05, 3.63) is 22.4 Å². The third-order valence-electron chi connectivity index (χ3n) is 4.04. The van der Waals surface area contributed by atoms with Gasteiger partial charge in [0.1, 0.15) is 0 Å². The second-order valence-corrected chi connectivity index (χ2v) is 8.87. The van der Waals surface area contributed by atoms with Gasteiger partial charge in [0.25, 0.3) is 0 Å². The molecule has 0 aliphatic heterocycles. The van der Waals surface area contributed by atoms with Crippen LogP contribution in [-0.2, 0) is 0 Å². The van der Waals surface area contributed by atoms with Gasteiger partial charge in [-0.1, -0.05) is 45.4 Å². The lowest BCUT2D eigenvalue weighted by Crippen LogP contribution is -1.95. The Morgan fingerprint density at radius 1 is 0.955 bits per heavy atom. The van der Waals surface area contributed by atoms with Gasteiger partial charge >= 0.3 is 0 Å². The third kappa shape index (κ3) is 3.61. The molecule has 0 aromatic carbocycles. The van der Waals surface area contributed by atoms with Crippen LogP contribution in [0.1, 0.15) is 68.0 Å². The van der Waals surface area contributed by atoms with Crippen molar-refractivity contribution < 1.29 is 4.79 Å². The summed E-state index contributed by atoms with van der Waals surface area (Å²) in [5.41, 5.74) is 0. The van der Waals surface area contributed by atoms with Crippen LogP contribution in [0.3, 0.4) is 0 Å². The Balaban J connectivity index is 1.50. The lowest BCUT2D eigenvalue weighted by atomic mass is 10.1. The Labute approximate surface area is 144 Å². The highest BCUT2D eigenvalue weighted by atomic mass is 32.1. The van der Waals surface area contributed by atoms with Crippen molar-refractivity contribution in [2.24, 2.45) is 0 Å². The second-order valence-electron chi connectivity index (χ2n) is 5.81. The van der Waals surface area contributed by atoms with E-state index in [4.69, 9.17) is 0 Å². The van der Waals surface area contributed by atoms with Crippen molar-refractivity contribution in [1.29, 1.82) is 0 Å². The summed E-state index contributed by atoms with van der Waals surface area (Å²) in [6, 6.07) is 4.29. The largest absolute Gasteiger partial charge is 0.293 e. The predicted octanol–water partition coefficient (Wildman–Crippen LogP) is 7.50. The molecule has 0 saturated carbocycles. The Kier molecular flexibility index (Phi) is 5.66. The van der Waals surface area contributed by atoms with Crippen molar-refractivity contribution in [2.45, 2.75) is 58.3 Å². The topological polar surface area (TPSA) is 17.1 Å². The van der Waals surface area contributed by atoms with Gasteiger partial charge in [0, 0.05) is 15.8 Å². The van der Waals surface area contributed by atoms with E-state index in [0.29, 0.717) is 5.78 Å². The zero-order valence-electron chi connectivity index (χ0n) is 13.0. The number of rotatable bonds is 9. The summed E-state index contributed by atoms with van der Waals surface area (Å²) in [7, 11) is 0. The van der Waals surface area contributed by atoms with Crippen LogP contribution < -0.4 is 0 Å². The van der Waals surface area contributed by atoms with Gasteiger partial charge in [0.15, 0.2) is 5.78 Å². The van der Waals surface area contributed by atoms with E-state index in [1.165, 1.54) is 57.3 Å². The van der Waals surface area contributed by atoms with Gasteiger partial charge in [-0.3, -0.25) is 4.79 Å². The van der Waals surface area contributed by atoms with E-state index in [0.717, 1.165) is 17.7 Å². The molecule has 3 rings (SSSR count). The molecule has 0 fully saturated rings. The molecule has 3 aromatic heterocycles. The average Bonchev–Trinajstić information content (AvgIpc) is 3.17. The van der Waals surface area contributed by atoms with Gasteiger partial charge in [0.05, 0.1) is 14.3 Å². The Hall–Kier alpha value is -0.710. The molecule has 0 N–H and O–H groups in total. The van der Waals surface area contributed by atoms with Crippen LogP contribution in [0.15, 0.2) is 17.5 Å². The molecular formula is C18H22OS3. The maximum atomic E-state index is 12.3. The minimum atomic E-state index is 0.340. The van der Waals surface area contributed by atoms with Crippen LogP contribution in [0.25, 0.3) is 18.8 Å². The van der Waals surface area contributed by atoms with Crippen LogP contribution in [0.4, 0.5) is 0 Å². The highest BCUT2D eigenvalue weighted by Crippen LogP contribution is 2.42. The summed E-state index contributed by atoms with van der Waals surface area (Å²) in [6.07, 6.45) is 9.57. The normalized spacial score (nSPS) is 11.7. The number of carbonyl (C=O) groups is 1. The number of fused-ring (bicyclic) bond motifs is 3. The van der Waals surface area contributed by atoms with Crippen LogP contribution in [0, 0.1) is 0 Å². The quantitative estimate of drug-likeness (QED) is 0.288. The molecule has 3 aromatic rings. The maximum Gasteiger partial charge on any atom is 0.172 e. The van der Waals surface area contributed by atoms with E-state index in [2.05, 4.69) is 24.4 Å². The van der Waals surface area contributed by atoms with Crippen molar-refractivity contribution in [3.63, 3.8) is 0 Å².